The van der Waals surface area contributed by atoms with E-state index in [1.165, 1.54) is 25.5 Å². The Balaban J connectivity index is 2.08. The maximum Gasteiger partial charge on any atom is 0.331 e. The molecule has 0 aliphatic heterocycles. The van der Waals surface area contributed by atoms with Gasteiger partial charge in [0, 0.05) is 35.6 Å². The summed E-state index contributed by atoms with van der Waals surface area (Å²) in [6, 6.07) is 3.20. The van der Waals surface area contributed by atoms with Crippen LogP contribution >= 0.6 is 0 Å². The molecule has 0 atom stereocenters. The quantitative estimate of drug-likeness (QED) is 0.338. The zero-order valence-corrected chi connectivity index (χ0v) is 14.2. The van der Waals surface area contributed by atoms with Gasteiger partial charge in [0.25, 0.3) is 0 Å². The molecular formula is C18H16FN5O2. The number of pyridine rings is 1. The number of aliphatic imine (C=N–C) groups is 2. The van der Waals surface area contributed by atoms with Crippen LogP contribution in [0.1, 0.15) is 11.1 Å². The predicted octanol–water partition coefficient (Wildman–Crippen LogP) is 3.23. The molecule has 0 aromatic carbocycles. The molecule has 0 amide bonds. The van der Waals surface area contributed by atoms with Crippen molar-refractivity contribution in [3.8, 4) is 0 Å². The van der Waals surface area contributed by atoms with Gasteiger partial charge in [-0.15, -0.1) is 0 Å². The van der Waals surface area contributed by atoms with E-state index in [2.05, 4.69) is 31.4 Å². The Morgan fingerprint density at radius 1 is 1.50 bits per heavy atom. The number of fused-ring (bicyclic) bond motifs is 1. The molecule has 3 rings (SSSR count). The molecule has 0 aliphatic carbocycles. The van der Waals surface area contributed by atoms with Gasteiger partial charge in [-0.2, -0.15) is 0 Å². The number of esters is 1. The van der Waals surface area contributed by atoms with Gasteiger partial charge in [0.2, 0.25) is 0 Å². The SMILES string of the molecule is C=NC(=Nc1c(C)ccn1/C=C/C(=O)OC)c1c[nH]c2ncc(F)cc12. The lowest BCUT2D eigenvalue weighted by atomic mass is 10.2. The molecule has 0 aliphatic rings. The van der Waals surface area contributed by atoms with Gasteiger partial charge in [0.15, 0.2) is 5.84 Å². The van der Waals surface area contributed by atoms with Gasteiger partial charge in [-0.25, -0.2) is 24.2 Å². The van der Waals surface area contributed by atoms with Gasteiger partial charge in [0.05, 0.1) is 13.3 Å². The van der Waals surface area contributed by atoms with Crippen molar-refractivity contribution in [2.24, 2.45) is 9.98 Å². The number of halogens is 1. The molecule has 1 N–H and O–H groups in total. The predicted molar refractivity (Wildman–Crippen MR) is 98.3 cm³/mol. The van der Waals surface area contributed by atoms with Gasteiger partial charge in [-0.3, -0.25) is 0 Å². The van der Waals surface area contributed by atoms with Crippen molar-refractivity contribution >= 4 is 41.6 Å². The number of H-pyrrole nitrogens is 1. The van der Waals surface area contributed by atoms with E-state index in [-0.39, 0.29) is 0 Å². The monoisotopic (exact) mass is 353 g/mol. The molecule has 3 heterocycles. The second-order valence-corrected chi connectivity index (χ2v) is 5.41. The molecule has 0 radical (unpaired) electrons. The number of nitrogens with one attached hydrogen (secondary N) is 1. The number of carbonyl (C=O) groups excluding carboxylic acids is 1. The lowest BCUT2D eigenvalue weighted by Crippen LogP contribution is -1.98. The molecule has 0 saturated heterocycles. The van der Waals surface area contributed by atoms with Crippen LogP contribution in [0.3, 0.4) is 0 Å². The molecule has 0 unspecified atom stereocenters. The number of amidine groups is 1. The van der Waals surface area contributed by atoms with Crippen molar-refractivity contribution in [3.63, 3.8) is 0 Å². The van der Waals surface area contributed by atoms with Crippen LogP contribution in [0.5, 0.6) is 0 Å². The van der Waals surface area contributed by atoms with Crippen LogP contribution in [0.15, 0.2) is 46.8 Å². The number of nitrogens with zero attached hydrogens (tertiary/aromatic N) is 4. The summed E-state index contributed by atoms with van der Waals surface area (Å²) in [7, 11) is 1.30. The molecular weight excluding hydrogens is 337 g/mol. The number of aromatic amines is 1. The van der Waals surface area contributed by atoms with Crippen molar-refractivity contribution < 1.29 is 13.9 Å². The van der Waals surface area contributed by atoms with Gasteiger partial charge in [-0.05, 0) is 31.3 Å². The normalized spacial score (nSPS) is 12.0. The maximum absolute atomic E-state index is 13.6. The topological polar surface area (TPSA) is 84.6 Å². The van der Waals surface area contributed by atoms with E-state index in [0.717, 1.165) is 11.8 Å². The summed E-state index contributed by atoms with van der Waals surface area (Å²) in [4.78, 5) is 26.8. The average Bonchev–Trinajstić information content (AvgIpc) is 3.21. The highest BCUT2D eigenvalue weighted by molar-refractivity contribution is 6.11. The minimum Gasteiger partial charge on any atom is -0.466 e. The summed E-state index contributed by atoms with van der Waals surface area (Å²) < 4.78 is 19.8. The summed E-state index contributed by atoms with van der Waals surface area (Å²) in [5, 5.41) is 0.553. The zero-order chi connectivity index (χ0) is 18.7. The summed E-state index contributed by atoms with van der Waals surface area (Å²) >= 11 is 0. The van der Waals surface area contributed by atoms with Crippen LogP contribution in [0.2, 0.25) is 0 Å². The molecule has 0 fully saturated rings. The Labute approximate surface area is 148 Å². The highest BCUT2D eigenvalue weighted by Gasteiger charge is 2.13. The number of methoxy groups -OCH3 is 1. The molecule has 132 valence electrons. The third-order valence-corrected chi connectivity index (χ3v) is 3.76. The Morgan fingerprint density at radius 2 is 2.31 bits per heavy atom. The summed E-state index contributed by atoms with van der Waals surface area (Å²) in [6.45, 7) is 5.44. The highest BCUT2D eigenvalue weighted by Crippen LogP contribution is 2.24. The number of ether oxygens (including phenoxy) is 1. The first-order valence-electron chi connectivity index (χ1n) is 7.65. The summed E-state index contributed by atoms with van der Waals surface area (Å²) in [6.07, 6.45) is 7.36. The van der Waals surface area contributed by atoms with E-state index in [9.17, 15) is 9.18 Å². The molecule has 3 aromatic rings. The van der Waals surface area contributed by atoms with E-state index in [4.69, 9.17) is 0 Å². The third-order valence-electron chi connectivity index (χ3n) is 3.76. The number of aryl methyl sites for hydroxylation is 1. The van der Waals surface area contributed by atoms with E-state index in [0.29, 0.717) is 28.3 Å². The molecule has 7 nitrogen and oxygen atoms in total. The number of aromatic nitrogens is 3. The fraction of sp³-hybridized carbons (Fsp3) is 0.111. The van der Waals surface area contributed by atoms with Gasteiger partial charge in [0.1, 0.15) is 17.3 Å². The second-order valence-electron chi connectivity index (χ2n) is 5.41. The smallest absolute Gasteiger partial charge is 0.331 e. The first-order valence-corrected chi connectivity index (χ1v) is 7.65. The Morgan fingerprint density at radius 3 is 3.04 bits per heavy atom. The number of hydrogen-bond donors (Lipinski definition) is 1. The van der Waals surface area contributed by atoms with Crippen molar-refractivity contribution in [1.29, 1.82) is 0 Å². The van der Waals surface area contributed by atoms with Crippen LogP contribution in [-0.2, 0) is 9.53 Å². The van der Waals surface area contributed by atoms with Crippen LogP contribution in [-0.4, -0.2) is 40.2 Å². The fourth-order valence-electron chi connectivity index (χ4n) is 2.46. The lowest BCUT2D eigenvalue weighted by Gasteiger charge is -2.03. The van der Waals surface area contributed by atoms with E-state index >= 15 is 0 Å². The molecule has 0 saturated carbocycles. The maximum atomic E-state index is 13.6. The molecule has 0 bridgehead atoms. The van der Waals surface area contributed by atoms with Gasteiger partial charge in [-0.1, -0.05) is 0 Å². The first kappa shape index (κ1) is 17.3. The van der Waals surface area contributed by atoms with E-state index < -0.39 is 11.8 Å². The summed E-state index contributed by atoms with van der Waals surface area (Å²) in [5.74, 6) is -0.0710. The van der Waals surface area contributed by atoms with Crippen molar-refractivity contribution in [2.45, 2.75) is 6.92 Å². The molecule has 3 aromatic heterocycles. The van der Waals surface area contributed by atoms with Crippen LogP contribution in [0.25, 0.3) is 17.2 Å². The lowest BCUT2D eigenvalue weighted by molar-refractivity contribution is -0.134. The second kappa shape index (κ2) is 7.14. The number of carbonyl (C=O) groups is 1. The van der Waals surface area contributed by atoms with Crippen LogP contribution in [0, 0.1) is 12.7 Å². The number of hydrogen-bond acceptors (Lipinski definition) is 4. The highest BCUT2D eigenvalue weighted by atomic mass is 19.1. The van der Waals surface area contributed by atoms with E-state index in [1.807, 2.05) is 13.0 Å². The average molecular weight is 353 g/mol. The van der Waals surface area contributed by atoms with Crippen molar-refractivity contribution in [1.82, 2.24) is 14.5 Å². The zero-order valence-electron chi connectivity index (χ0n) is 14.2. The summed E-state index contributed by atoms with van der Waals surface area (Å²) in [5.41, 5.74) is 1.96. The van der Waals surface area contributed by atoms with Crippen molar-refractivity contribution in [3.05, 3.63) is 53.7 Å². The van der Waals surface area contributed by atoms with Crippen LogP contribution < -0.4 is 0 Å². The fourth-order valence-corrected chi connectivity index (χ4v) is 2.46. The first-order chi connectivity index (χ1) is 12.5. The Hall–Kier alpha value is -3.55. The number of rotatable bonds is 4. The third kappa shape index (κ3) is 3.30. The van der Waals surface area contributed by atoms with Gasteiger partial charge >= 0.3 is 5.97 Å². The minimum absolute atomic E-state index is 0.304. The largest absolute Gasteiger partial charge is 0.466 e. The van der Waals surface area contributed by atoms with Gasteiger partial charge < -0.3 is 14.3 Å². The van der Waals surface area contributed by atoms with E-state index in [1.54, 1.807) is 17.0 Å². The standard InChI is InChI=1S/C18H16FN5O2/c1-11-4-6-24(7-5-15(25)26-3)18(11)23-16(20-2)14-10-22-17-13(14)8-12(19)9-21-17/h4-10H,2H2,1,3H3,(H,21,22)/b7-5+,23-16?. The Kier molecular flexibility index (Phi) is 4.74. The Bertz CT molecular complexity index is 1050. The minimum atomic E-state index is -0.480. The van der Waals surface area contributed by atoms with Crippen LogP contribution in [0.4, 0.5) is 10.2 Å². The van der Waals surface area contributed by atoms with Crippen molar-refractivity contribution in [2.75, 3.05) is 7.11 Å². The molecule has 8 heteroatoms. The molecule has 0 spiro atoms. The molecule has 26 heavy (non-hydrogen) atoms.